The summed E-state index contributed by atoms with van der Waals surface area (Å²) < 4.78 is 34.4. The van der Waals surface area contributed by atoms with Crippen LogP contribution in [0.4, 0.5) is 25.0 Å². The molecule has 5 aromatic rings. The lowest BCUT2D eigenvalue weighted by Gasteiger charge is -2.10. The molecule has 0 spiro atoms. The summed E-state index contributed by atoms with van der Waals surface area (Å²) in [5.74, 6) is -0.404. The van der Waals surface area contributed by atoms with E-state index in [0.29, 0.717) is 33.5 Å². The number of aromatic nitrogens is 3. The second-order valence-electron chi connectivity index (χ2n) is 8.19. The molecule has 0 saturated heterocycles. The molecule has 0 radical (unpaired) electrons. The van der Waals surface area contributed by atoms with Gasteiger partial charge in [0.1, 0.15) is 18.2 Å². The molecule has 2 N–H and O–H groups in total. The Bertz CT molecular complexity index is 1570. The van der Waals surface area contributed by atoms with Crippen LogP contribution in [-0.4, -0.2) is 20.8 Å². The third kappa shape index (κ3) is 6.13. The first-order valence-electron chi connectivity index (χ1n) is 11.5. The van der Waals surface area contributed by atoms with E-state index in [1.165, 1.54) is 28.9 Å². The van der Waals surface area contributed by atoms with Crippen LogP contribution in [0.15, 0.2) is 97.1 Å². The Hall–Kier alpha value is -4.76. The van der Waals surface area contributed by atoms with Gasteiger partial charge in [-0.1, -0.05) is 41.9 Å². The monoisotopic (exact) mass is 531 g/mol. The van der Waals surface area contributed by atoms with Gasteiger partial charge in [0.05, 0.1) is 5.69 Å². The summed E-state index contributed by atoms with van der Waals surface area (Å²) in [4.78, 5) is 16.8. The summed E-state index contributed by atoms with van der Waals surface area (Å²) in [6.07, 6.45) is 0. The van der Waals surface area contributed by atoms with Gasteiger partial charge >= 0.3 is 12.0 Å². The summed E-state index contributed by atoms with van der Waals surface area (Å²) in [5, 5.41) is 10.4. The molecular formula is C28H20ClF2N5O2. The summed E-state index contributed by atoms with van der Waals surface area (Å²) in [6, 6.07) is 25.2. The van der Waals surface area contributed by atoms with Crippen molar-refractivity contribution in [2.75, 3.05) is 10.6 Å². The quantitative estimate of drug-likeness (QED) is 0.235. The molecule has 10 heteroatoms. The Balaban J connectivity index is 1.36. The van der Waals surface area contributed by atoms with E-state index in [1.54, 1.807) is 72.8 Å². The lowest BCUT2D eigenvalue weighted by Crippen LogP contribution is -2.19. The largest absolute Gasteiger partial charge is 0.457 e. The number of anilines is 2. The molecular weight excluding hydrogens is 512 g/mol. The normalized spacial score (nSPS) is 10.7. The van der Waals surface area contributed by atoms with Crippen molar-refractivity contribution >= 4 is 29.0 Å². The van der Waals surface area contributed by atoms with Gasteiger partial charge in [-0.3, -0.25) is 0 Å². The minimum Gasteiger partial charge on any atom is -0.457 e. The second kappa shape index (κ2) is 11.1. The first kappa shape index (κ1) is 24.9. The van der Waals surface area contributed by atoms with Crippen LogP contribution < -0.4 is 15.4 Å². The number of carbonyl (C=O) groups excluding carboxylic acids is 1. The maximum Gasteiger partial charge on any atom is 0.336 e. The second-order valence-corrected chi connectivity index (χ2v) is 8.63. The Morgan fingerprint density at radius 2 is 1.58 bits per heavy atom. The maximum atomic E-state index is 14.0. The fourth-order valence-electron chi connectivity index (χ4n) is 3.62. The van der Waals surface area contributed by atoms with Crippen LogP contribution in [0.2, 0.25) is 5.02 Å². The zero-order valence-electron chi connectivity index (χ0n) is 19.7. The smallest absolute Gasteiger partial charge is 0.336 e. The molecule has 1 aromatic heterocycles. The number of halogens is 3. The zero-order valence-corrected chi connectivity index (χ0v) is 20.5. The molecule has 0 unspecified atom stereocenters. The molecule has 1 heterocycles. The predicted molar refractivity (Wildman–Crippen MR) is 142 cm³/mol. The minimum absolute atomic E-state index is 0.0664. The molecule has 0 fully saturated rings. The van der Waals surface area contributed by atoms with Crippen LogP contribution >= 0.6 is 11.6 Å². The highest BCUT2D eigenvalue weighted by atomic mass is 35.5. The molecule has 4 aromatic carbocycles. The third-order valence-electron chi connectivity index (χ3n) is 5.40. The van der Waals surface area contributed by atoms with Gasteiger partial charge in [-0.2, -0.15) is 4.98 Å². The van der Waals surface area contributed by atoms with Gasteiger partial charge in [0.2, 0.25) is 0 Å². The molecule has 2 amide bonds. The zero-order chi connectivity index (χ0) is 26.5. The van der Waals surface area contributed by atoms with Crippen LogP contribution in [0.3, 0.4) is 0 Å². The highest BCUT2D eigenvalue weighted by Crippen LogP contribution is 2.25. The number of urea groups is 1. The molecule has 0 atom stereocenters. The molecule has 7 nitrogen and oxygen atoms in total. The van der Waals surface area contributed by atoms with Crippen molar-refractivity contribution in [2.45, 2.75) is 6.61 Å². The highest BCUT2D eigenvalue weighted by molar-refractivity contribution is 6.30. The summed E-state index contributed by atoms with van der Waals surface area (Å²) in [6.45, 7) is 0.122. The Morgan fingerprint density at radius 3 is 2.32 bits per heavy atom. The van der Waals surface area contributed by atoms with Gasteiger partial charge in [0, 0.05) is 22.0 Å². The summed E-state index contributed by atoms with van der Waals surface area (Å²) in [7, 11) is 0. The van der Waals surface area contributed by atoms with E-state index in [1.807, 2.05) is 0 Å². The molecule has 5 rings (SSSR count). The summed E-state index contributed by atoms with van der Waals surface area (Å²) >= 11 is 5.96. The number of carbonyl (C=O) groups is 1. The number of ether oxygens (including phenoxy) is 1. The number of nitrogens with zero attached hydrogens (tertiary/aromatic N) is 3. The van der Waals surface area contributed by atoms with E-state index in [2.05, 4.69) is 20.7 Å². The van der Waals surface area contributed by atoms with E-state index in [9.17, 15) is 13.6 Å². The molecule has 0 aliphatic carbocycles. The van der Waals surface area contributed by atoms with E-state index in [-0.39, 0.29) is 18.4 Å². The summed E-state index contributed by atoms with van der Waals surface area (Å²) in [5.41, 5.74) is 2.93. The van der Waals surface area contributed by atoms with Gasteiger partial charge in [0.15, 0.2) is 5.82 Å². The van der Waals surface area contributed by atoms with Crippen LogP contribution in [0.25, 0.3) is 17.1 Å². The number of amides is 2. The molecule has 0 aliphatic heterocycles. The third-order valence-corrected chi connectivity index (χ3v) is 5.64. The van der Waals surface area contributed by atoms with Crippen LogP contribution in [-0.2, 0) is 6.61 Å². The number of hydrogen-bond donors (Lipinski definition) is 2. The SMILES string of the molecule is O=C(Nc1ccc(-n2nc(OCc3ccc(F)cc3)nc2-c2cccc(F)c2)cc1)Nc1cccc(Cl)c1. The van der Waals surface area contributed by atoms with Crippen LogP contribution in [0.5, 0.6) is 6.01 Å². The Morgan fingerprint density at radius 1 is 0.842 bits per heavy atom. The van der Waals surface area contributed by atoms with Crippen LogP contribution in [0.1, 0.15) is 5.56 Å². The average Bonchev–Trinajstić information content (AvgIpc) is 3.33. The van der Waals surface area contributed by atoms with Gasteiger partial charge < -0.3 is 15.4 Å². The predicted octanol–water partition coefficient (Wildman–Crippen LogP) is 7.09. The Labute approximate surface area is 221 Å². The van der Waals surface area contributed by atoms with E-state index >= 15 is 0 Å². The molecule has 0 saturated carbocycles. The fraction of sp³-hybridized carbons (Fsp3) is 0.0357. The Kier molecular flexibility index (Phi) is 7.28. The van der Waals surface area contributed by atoms with Gasteiger partial charge in [-0.25, -0.2) is 18.3 Å². The molecule has 38 heavy (non-hydrogen) atoms. The maximum absolute atomic E-state index is 14.0. The lowest BCUT2D eigenvalue weighted by atomic mass is 10.2. The van der Waals surface area contributed by atoms with Gasteiger partial charge in [0.25, 0.3) is 0 Å². The van der Waals surface area contributed by atoms with Crippen LogP contribution in [0, 0.1) is 11.6 Å². The molecule has 0 aliphatic rings. The minimum atomic E-state index is -0.433. The van der Waals surface area contributed by atoms with Crippen molar-refractivity contribution in [1.29, 1.82) is 0 Å². The number of hydrogen-bond acceptors (Lipinski definition) is 4. The average molecular weight is 532 g/mol. The lowest BCUT2D eigenvalue weighted by molar-refractivity contribution is 0.262. The van der Waals surface area contributed by atoms with Gasteiger partial charge in [-0.15, -0.1) is 5.10 Å². The number of nitrogens with one attached hydrogen (secondary N) is 2. The first-order chi connectivity index (χ1) is 18.4. The first-order valence-corrected chi connectivity index (χ1v) is 11.8. The van der Waals surface area contributed by atoms with E-state index in [4.69, 9.17) is 16.3 Å². The standard InChI is InChI=1S/C28H20ClF2N5O2/c29-20-4-2-6-24(16-20)33-27(37)32-23-11-13-25(14-12-23)36-26(19-3-1-5-22(31)15-19)34-28(35-36)38-17-18-7-9-21(30)10-8-18/h1-16H,17H2,(H2,32,33,37). The topological polar surface area (TPSA) is 81.1 Å². The van der Waals surface area contributed by atoms with E-state index in [0.717, 1.165) is 5.56 Å². The highest BCUT2D eigenvalue weighted by Gasteiger charge is 2.16. The van der Waals surface area contributed by atoms with Gasteiger partial charge in [-0.05, 0) is 72.3 Å². The molecule has 0 bridgehead atoms. The van der Waals surface area contributed by atoms with Crippen molar-refractivity contribution in [1.82, 2.24) is 14.8 Å². The number of rotatable bonds is 7. The molecule has 190 valence electrons. The van der Waals surface area contributed by atoms with Crippen molar-refractivity contribution in [3.05, 3.63) is 119 Å². The number of benzene rings is 4. The van der Waals surface area contributed by atoms with Crippen molar-refractivity contribution < 1.29 is 18.3 Å². The van der Waals surface area contributed by atoms with Crippen molar-refractivity contribution in [3.8, 4) is 23.1 Å². The fourth-order valence-corrected chi connectivity index (χ4v) is 3.81. The van der Waals surface area contributed by atoms with Crippen molar-refractivity contribution in [3.63, 3.8) is 0 Å². The van der Waals surface area contributed by atoms with E-state index < -0.39 is 11.8 Å². The van der Waals surface area contributed by atoms with Crippen molar-refractivity contribution in [2.24, 2.45) is 0 Å².